The molecule has 2 N–H and O–H groups in total. The van der Waals surface area contributed by atoms with Gasteiger partial charge in [-0.3, -0.25) is 14.4 Å². The third-order valence-electron chi connectivity index (χ3n) is 4.38. The number of carbonyl (C=O) groups excluding carboxylic acids is 3. The molecule has 0 fully saturated rings. The van der Waals surface area contributed by atoms with Gasteiger partial charge in [-0.15, -0.1) is 0 Å². The number of methoxy groups -OCH3 is 1. The summed E-state index contributed by atoms with van der Waals surface area (Å²) < 4.78 is 10.7. The first kappa shape index (κ1) is 21.6. The van der Waals surface area contributed by atoms with Crippen LogP contribution in [0.2, 0.25) is 0 Å². The van der Waals surface area contributed by atoms with Crippen LogP contribution in [0.1, 0.15) is 22.0 Å². The lowest BCUT2D eigenvalue weighted by Crippen LogP contribution is -2.33. The van der Waals surface area contributed by atoms with Crippen molar-refractivity contribution in [2.24, 2.45) is 0 Å². The van der Waals surface area contributed by atoms with Crippen LogP contribution in [-0.4, -0.2) is 31.4 Å². The third-order valence-corrected chi connectivity index (χ3v) is 4.38. The van der Waals surface area contributed by atoms with Gasteiger partial charge in [-0.1, -0.05) is 60.7 Å². The Kier molecular flexibility index (Phi) is 7.37. The third kappa shape index (κ3) is 5.93. The number of carbonyl (C=O) groups is 3. The summed E-state index contributed by atoms with van der Waals surface area (Å²) in [6.07, 6.45) is -1.20. The lowest BCUT2D eigenvalue weighted by molar-refractivity contribution is -0.153. The highest BCUT2D eigenvalue weighted by Gasteiger charge is 2.26. The first-order chi connectivity index (χ1) is 15.1. The smallest absolute Gasteiger partial charge is 0.326 e. The van der Waals surface area contributed by atoms with Gasteiger partial charge in [0, 0.05) is 11.1 Å². The average Bonchev–Trinajstić information content (AvgIpc) is 2.82. The number of para-hydroxylation sites is 2. The molecule has 3 aromatic rings. The van der Waals surface area contributed by atoms with Crippen molar-refractivity contribution < 1.29 is 23.9 Å². The zero-order chi connectivity index (χ0) is 22.1. The molecule has 7 heteroatoms. The fraction of sp³-hybridized carbons (Fsp3) is 0.125. The van der Waals surface area contributed by atoms with Crippen LogP contribution in [-0.2, 0) is 14.3 Å². The molecular formula is C24H22N2O5. The molecule has 3 rings (SSSR count). The van der Waals surface area contributed by atoms with E-state index in [0.29, 0.717) is 22.6 Å². The van der Waals surface area contributed by atoms with E-state index in [1.807, 2.05) is 0 Å². The van der Waals surface area contributed by atoms with Crippen molar-refractivity contribution in [3.05, 3.63) is 96.1 Å². The number of esters is 1. The van der Waals surface area contributed by atoms with Crippen molar-refractivity contribution >= 4 is 23.5 Å². The summed E-state index contributed by atoms with van der Waals surface area (Å²) in [5.41, 5.74) is 1.37. The molecule has 0 saturated carbocycles. The second kappa shape index (κ2) is 10.6. The number of ether oxygens (including phenoxy) is 2. The Bertz CT molecular complexity index is 1040. The highest BCUT2D eigenvalue weighted by atomic mass is 16.5. The Morgan fingerprint density at radius 1 is 0.839 bits per heavy atom. The van der Waals surface area contributed by atoms with Gasteiger partial charge in [0.1, 0.15) is 12.3 Å². The Morgan fingerprint density at radius 2 is 1.45 bits per heavy atom. The number of benzene rings is 3. The first-order valence-corrected chi connectivity index (χ1v) is 9.60. The van der Waals surface area contributed by atoms with Crippen LogP contribution >= 0.6 is 0 Å². The van der Waals surface area contributed by atoms with E-state index in [1.165, 1.54) is 7.11 Å². The van der Waals surface area contributed by atoms with Crippen molar-refractivity contribution in [1.29, 1.82) is 0 Å². The van der Waals surface area contributed by atoms with Gasteiger partial charge < -0.3 is 20.1 Å². The zero-order valence-corrected chi connectivity index (χ0v) is 16.9. The van der Waals surface area contributed by atoms with Crippen LogP contribution in [0.15, 0.2) is 84.9 Å². The van der Waals surface area contributed by atoms with Crippen LogP contribution in [0.4, 0.5) is 5.69 Å². The summed E-state index contributed by atoms with van der Waals surface area (Å²) in [6.45, 7) is -0.376. The van der Waals surface area contributed by atoms with Crippen LogP contribution in [0, 0.1) is 0 Å². The summed E-state index contributed by atoms with van der Waals surface area (Å²) in [7, 11) is 1.50. The quantitative estimate of drug-likeness (QED) is 0.547. The van der Waals surface area contributed by atoms with Crippen LogP contribution in [0.25, 0.3) is 0 Å². The minimum atomic E-state index is -1.20. The number of hydrogen-bond acceptors (Lipinski definition) is 5. The molecule has 3 aromatic carbocycles. The molecule has 0 aliphatic heterocycles. The van der Waals surface area contributed by atoms with E-state index in [9.17, 15) is 14.4 Å². The van der Waals surface area contributed by atoms with E-state index in [-0.39, 0.29) is 6.54 Å². The van der Waals surface area contributed by atoms with Crippen molar-refractivity contribution in [1.82, 2.24) is 5.32 Å². The molecule has 0 saturated heterocycles. The normalized spacial score (nSPS) is 11.1. The van der Waals surface area contributed by atoms with Crippen molar-refractivity contribution in [2.75, 3.05) is 19.0 Å². The van der Waals surface area contributed by atoms with E-state index < -0.39 is 23.9 Å². The number of anilines is 1. The minimum absolute atomic E-state index is 0.376. The lowest BCUT2D eigenvalue weighted by Gasteiger charge is -2.19. The number of amides is 2. The highest BCUT2D eigenvalue weighted by Crippen LogP contribution is 2.26. The molecule has 0 spiro atoms. The minimum Gasteiger partial charge on any atom is -0.495 e. The maximum Gasteiger partial charge on any atom is 0.326 e. The molecule has 0 aliphatic rings. The number of hydrogen-bond donors (Lipinski definition) is 2. The van der Waals surface area contributed by atoms with Crippen molar-refractivity contribution in [3.63, 3.8) is 0 Å². The zero-order valence-electron chi connectivity index (χ0n) is 16.9. The Hall–Kier alpha value is -4.13. The van der Waals surface area contributed by atoms with Gasteiger partial charge in [-0.05, 0) is 24.3 Å². The van der Waals surface area contributed by atoms with Gasteiger partial charge in [0.2, 0.25) is 6.10 Å². The fourth-order valence-electron chi connectivity index (χ4n) is 2.86. The molecule has 0 radical (unpaired) electrons. The van der Waals surface area contributed by atoms with E-state index >= 15 is 0 Å². The molecule has 158 valence electrons. The van der Waals surface area contributed by atoms with Crippen LogP contribution < -0.4 is 15.4 Å². The van der Waals surface area contributed by atoms with E-state index in [2.05, 4.69) is 10.6 Å². The van der Waals surface area contributed by atoms with Crippen molar-refractivity contribution in [2.45, 2.75) is 6.10 Å². The highest BCUT2D eigenvalue weighted by molar-refractivity contribution is 5.98. The molecule has 1 atom stereocenters. The van der Waals surface area contributed by atoms with Gasteiger partial charge in [0.15, 0.2) is 0 Å². The van der Waals surface area contributed by atoms with Gasteiger partial charge >= 0.3 is 5.97 Å². The fourth-order valence-corrected chi connectivity index (χ4v) is 2.86. The Labute approximate surface area is 180 Å². The molecule has 0 aromatic heterocycles. The maximum absolute atomic E-state index is 12.9. The predicted octanol–water partition coefficient (Wildman–Crippen LogP) is 3.35. The second-order valence-electron chi connectivity index (χ2n) is 6.52. The monoisotopic (exact) mass is 418 g/mol. The van der Waals surface area contributed by atoms with Gasteiger partial charge in [0.25, 0.3) is 11.8 Å². The topological polar surface area (TPSA) is 93.7 Å². The average molecular weight is 418 g/mol. The molecule has 7 nitrogen and oxygen atoms in total. The summed E-state index contributed by atoms with van der Waals surface area (Å²) in [4.78, 5) is 37.5. The van der Waals surface area contributed by atoms with E-state index in [0.717, 1.165) is 0 Å². The van der Waals surface area contributed by atoms with Crippen LogP contribution in [0.3, 0.4) is 0 Å². The first-order valence-electron chi connectivity index (χ1n) is 9.60. The molecule has 1 unspecified atom stereocenters. The van der Waals surface area contributed by atoms with Gasteiger partial charge in [-0.2, -0.15) is 0 Å². The lowest BCUT2D eigenvalue weighted by atomic mass is 10.1. The predicted molar refractivity (Wildman–Crippen MR) is 116 cm³/mol. The SMILES string of the molecule is COc1ccccc1NC(=O)C(OC(=O)CNC(=O)c1ccccc1)c1ccccc1. The second-order valence-corrected chi connectivity index (χ2v) is 6.52. The largest absolute Gasteiger partial charge is 0.495 e. The number of rotatable bonds is 8. The molecule has 0 aliphatic carbocycles. The van der Waals surface area contributed by atoms with Crippen molar-refractivity contribution in [3.8, 4) is 5.75 Å². The summed E-state index contributed by atoms with van der Waals surface area (Å²) in [6, 6.07) is 24.1. The molecular weight excluding hydrogens is 396 g/mol. The molecule has 31 heavy (non-hydrogen) atoms. The van der Waals surface area contributed by atoms with E-state index in [1.54, 1.807) is 84.9 Å². The van der Waals surface area contributed by atoms with E-state index in [4.69, 9.17) is 9.47 Å². The van der Waals surface area contributed by atoms with Gasteiger partial charge in [0.05, 0.1) is 12.8 Å². The standard InChI is InChI=1S/C24H22N2O5/c1-30-20-15-9-8-14-19(20)26-24(29)22(17-10-4-2-5-11-17)31-21(27)16-25-23(28)18-12-6-3-7-13-18/h2-15,22H,16H2,1H3,(H,25,28)(H,26,29). The summed E-state index contributed by atoms with van der Waals surface area (Å²) >= 11 is 0. The molecule has 2 amide bonds. The maximum atomic E-state index is 12.9. The van der Waals surface area contributed by atoms with Crippen LogP contribution in [0.5, 0.6) is 5.75 Å². The number of nitrogens with one attached hydrogen (secondary N) is 2. The molecule has 0 bridgehead atoms. The summed E-state index contributed by atoms with van der Waals surface area (Å²) in [5.74, 6) is -1.22. The van der Waals surface area contributed by atoms with Gasteiger partial charge in [-0.25, -0.2) is 0 Å². The molecule has 0 heterocycles. The summed E-state index contributed by atoms with van der Waals surface area (Å²) in [5, 5.41) is 5.22. The Balaban J connectivity index is 1.70. The Morgan fingerprint density at radius 3 is 2.13 bits per heavy atom.